The molecule has 0 aliphatic heterocycles. The van der Waals surface area contributed by atoms with E-state index in [1.165, 1.54) is 0 Å². The van der Waals surface area contributed by atoms with Crippen LogP contribution in [0.3, 0.4) is 0 Å². The van der Waals surface area contributed by atoms with Gasteiger partial charge in [-0.25, -0.2) is 4.68 Å². The lowest BCUT2D eigenvalue weighted by Crippen LogP contribution is -2.17. The zero-order valence-corrected chi connectivity index (χ0v) is 19.3. The molecule has 0 bridgehead atoms. The summed E-state index contributed by atoms with van der Waals surface area (Å²) in [5.41, 5.74) is 5.30. The highest BCUT2D eigenvalue weighted by Crippen LogP contribution is 2.34. The first-order chi connectivity index (χ1) is 14.0. The molecular formula is C20H22BrClN4O2S. The maximum Gasteiger partial charge on any atom is 0.214 e. The van der Waals surface area contributed by atoms with Gasteiger partial charge < -0.3 is 14.9 Å². The van der Waals surface area contributed by atoms with Crippen molar-refractivity contribution < 1.29 is 9.47 Å². The fourth-order valence-corrected chi connectivity index (χ4v) is 3.67. The van der Waals surface area contributed by atoms with Crippen LogP contribution in [0, 0.1) is 4.77 Å². The van der Waals surface area contributed by atoms with Gasteiger partial charge >= 0.3 is 0 Å². The van der Waals surface area contributed by atoms with E-state index in [9.17, 15) is 0 Å². The molecule has 1 aromatic heterocycles. The fourth-order valence-electron chi connectivity index (χ4n) is 2.78. The van der Waals surface area contributed by atoms with E-state index < -0.39 is 0 Å². The molecule has 29 heavy (non-hydrogen) atoms. The average Bonchev–Trinajstić information content (AvgIpc) is 3.06. The van der Waals surface area contributed by atoms with Crippen LogP contribution in [-0.2, 0) is 19.6 Å². The van der Waals surface area contributed by atoms with Gasteiger partial charge in [-0.15, -0.1) is 0 Å². The molecule has 3 rings (SSSR count). The molecule has 0 radical (unpaired) electrons. The van der Waals surface area contributed by atoms with Crippen molar-refractivity contribution >= 4 is 39.7 Å². The van der Waals surface area contributed by atoms with Crippen molar-refractivity contribution in [3.63, 3.8) is 0 Å². The molecule has 0 saturated carbocycles. The lowest BCUT2D eigenvalue weighted by molar-refractivity contribution is 0.269. The molecule has 0 unspecified atom stereocenters. The van der Waals surface area contributed by atoms with Gasteiger partial charge in [0, 0.05) is 15.9 Å². The van der Waals surface area contributed by atoms with Crippen molar-refractivity contribution in [3.05, 3.63) is 67.6 Å². The summed E-state index contributed by atoms with van der Waals surface area (Å²) in [5, 5.41) is 7.69. The Morgan fingerprint density at radius 2 is 2.00 bits per heavy atom. The summed E-state index contributed by atoms with van der Waals surface area (Å²) in [6.07, 6.45) is 0.766. The summed E-state index contributed by atoms with van der Waals surface area (Å²) in [7, 11) is 0. The number of nitrogens with zero attached hydrogens (tertiary/aromatic N) is 2. The summed E-state index contributed by atoms with van der Waals surface area (Å²) in [4.78, 5) is 0. The van der Waals surface area contributed by atoms with Crippen LogP contribution in [0.4, 0.5) is 0 Å². The Kier molecular flexibility index (Phi) is 7.57. The summed E-state index contributed by atoms with van der Waals surface area (Å²) in [5.74, 6) is 2.19. The zero-order valence-electron chi connectivity index (χ0n) is 16.2. The van der Waals surface area contributed by atoms with Crippen LogP contribution in [0.5, 0.6) is 11.5 Å². The van der Waals surface area contributed by atoms with Crippen molar-refractivity contribution in [3.8, 4) is 11.5 Å². The molecule has 6 nitrogen and oxygen atoms in total. The number of hydrogen-bond acceptors (Lipinski definition) is 5. The lowest BCUT2D eigenvalue weighted by atomic mass is 10.2. The SMILES string of the molecule is CCOc1cc(CNn2c(CC)n[nH]c2=S)c(Br)cc1OCc1cccc(Cl)c1. The summed E-state index contributed by atoms with van der Waals surface area (Å²) in [6.45, 7) is 5.44. The number of aromatic amines is 1. The van der Waals surface area contributed by atoms with E-state index >= 15 is 0 Å². The molecule has 0 amide bonds. The Morgan fingerprint density at radius 1 is 1.21 bits per heavy atom. The molecule has 154 valence electrons. The molecule has 0 atom stereocenters. The first-order valence-electron chi connectivity index (χ1n) is 9.24. The van der Waals surface area contributed by atoms with Crippen LogP contribution < -0.4 is 14.9 Å². The van der Waals surface area contributed by atoms with E-state index in [0.29, 0.717) is 41.1 Å². The Morgan fingerprint density at radius 3 is 2.72 bits per heavy atom. The van der Waals surface area contributed by atoms with Crippen molar-refractivity contribution in [2.45, 2.75) is 33.4 Å². The molecule has 3 aromatic rings. The quantitative estimate of drug-likeness (QED) is 0.375. The Bertz CT molecular complexity index is 1040. The van der Waals surface area contributed by atoms with Crippen LogP contribution in [0.25, 0.3) is 0 Å². The standard InChI is InChI=1S/C20H22BrClN4O2S/c1-3-19-24-25-20(29)26(19)23-11-14-9-17(27-4-2)18(10-16(14)21)28-12-13-6-5-7-15(22)8-13/h5-10,23H,3-4,11-12H2,1-2H3,(H,25,29). The van der Waals surface area contributed by atoms with Crippen molar-refractivity contribution in [1.29, 1.82) is 0 Å². The second-order valence-corrected chi connectivity index (χ2v) is 7.89. The Hall–Kier alpha value is -2.03. The Balaban J connectivity index is 1.78. The molecule has 2 aromatic carbocycles. The predicted molar refractivity (Wildman–Crippen MR) is 121 cm³/mol. The summed E-state index contributed by atoms with van der Waals surface area (Å²) in [6, 6.07) is 11.5. The minimum Gasteiger partial charge on any atom is -0.490 e. The molecule has 0 fully saturated rings. The van der Waals surface area contributed by atoms with E-state index in [0.717, 1.165) is 27.8 Å². The second-order valence-electron chi connectivity index (χ2n) is 6.21. The number of aryl methyl sites for hydroxylation is 1. The lowest BCUT2D eigenvalue weighted by Gasteiger charge is -2.16. The van der Waals surface area contributed by atoms with E-state index in [1.807, 2.05) is 50.2 Å². The Labute approximate surface area is 188 Å². The van der Waals surface area contributed by atoms with Crippen LogP contribution in [0.2, 0.25) is 5.02 Å². The molecule has 1 heterocycles. The highest BCUT2D eigenvalue weighted by molar-refractivity contribution is 9.10. The van der Waals surface area contributed by atoms with Crippen molar-refractivity contribution in [1.82, 2.24) is 14.9 Å². The summed E-state index contributed by atoms with van der Waals surface area (Å²) >= 11 is 15.0. The third-order valence-corrected chi connectivity index (χ3v) is 5.43. The van der Waals surface area contributed by atoms with Crippen LogP contribution in [0.1, 0.15) is 30.8 Å². The largest absolute Gasteiger partial charge is 0.490 e. The van der Waals surface area contributed by atoms with E-state index in [2.05, 4.69) is 31.6 Å². The van der Waals surface area contributed by atoms with Gasteiger partial charge in [-0.2, -0.15) is 5.10 Å². The highest BCUT2D eigenvalue weighted by atomic mass is 79.9. The minimum atomic E-state index is 0.398. The van der Waals surface area contributed by atoms with Crippen LogP contribution in [0.15, 0.2) is 40.9 Å². The van der Waals surface area contributed by atoms with Gasteiger partial charge in [0.25, 0.3) is 0 Å². The molecule has 0 aliphatic rings. The number of benzene rings is 2. The van der Waals surface area contributed by atoms with E-state index in [4.69, 9.17) is 33.3 Å². The topological polar surface area (TPSA) is 64.1 Å². The van der Waals surface area contributed by atoms with Crippen LogP contribution >= 0.6 is 39.7 Å². The van der Waals surface area contributed by atoms with E-state index in [-0.39, 0.29) is 0 Å². The van der Waals surface area contributed by atoms with Crippen LogP contribution in [-0.4, -0.2) is 21.5 Å². The predicted octanol–water partition coefficient (Wildman–Crippen LogP) is 5.64. The molecule has 0 aliphatic carbocycles. The number of ether oxygens (including phenoxy) is 2. The van der Waals surface area contributed by atoms with Gasteiger partial charge in [0.15, 0.2) is 17.3 Å². The van der Waals surface area contributed by atoms with Crippen molar-refractivity contribution in [2.24, 2.45) is 0 Å². The maximum absolute atomic E-state index is 6.05. The van der Waals surface area contributed by atoms with Gasteiger partial charge in [-0.1, -0.05) is 46.6 Å². The number of hydrogen-bond donors (Lipinski definition) is 2. The molecule has 9 heteroatoms. The first-order valence-corrected chi connectivity index (χ1v) is 10.8. The number of rotatable bonds is 9. The second kappa shape index (κ2) is 10.1. The van der Waals surface area contributed by atoms with Gasteiger partial charge in [0.1, 0.15) is 6.61 Å². The van der Waals surface area contributed by atoms with Gasteiger partial charge in [-0.3, -0.25) is 5.10 Å². The minimum absolute atomic E-state index is 0.398. The zero-order chi connectivity index (χ0) is 20.8. The fraction of sp³-hybridized carbons (Fsp3) is 0.300. The normalized spacial score (nSPS) is 10.8. The number of aromatic nitrogens is 3. The number of H-pyrrole nitrogens is 1. The van der Waals surface area contributed by atoms with Gasteiger partial charge in [0.2, 0.25) is 4.77 Å². The number of nitrogens with one attached hydrogen (secondary N) is 2. The third kappa shape index (κ3) is 5.52. The molecule has 2 N–H and O–H groups in total. The first kappa shape index (κ1) is 21.7. The monoisotopic (exact) mass is 496 g/mol. The van der Waals surface area contributed by atoms with E-state index in [1.54, 1.807) is 4.68 Å². The molecule has 0 saturated heterocycles. The average molecular weight is 498 g/mol. The van der Waals surface area contributed by atoms with Gasteiger partial charge in [0.05, 0.1) is 13.2 Å². The highest BCUT2D eigenvalue weighted by Gasteiger charge is 2.12. The smallest absolute Gasteiger partial charge is 0.214 e. The summed E-state index contributed by atoms with van der Waals surface area (Å²) < 4.78 is 15.0. The number of halogens is 2. The molecule has 0 spiro atoms. The third-order valence-electron chi connectivity index (χ3n) is 4.18. The van der Waals surface area contributed by atoms with Crippen molar-refractivity contribution in [2.75, 3.05) is 12.0 Å². The van der Waals surface area contributed by atoms with Gasteiger partial charge in [-0.05, 0) is 54.5 Å². The maximum atomic E-state index is 6.05. The molecular weight excluding hydrogens is 476 g/mol.